The molecule has 0 fully saturated rings. The van der Waals surface area contributed by atoms with Gasteiger partial charge < -0.3 is 25.4 Å². The molecule has 0 saturated carbocycles. The van der Waals surface area contributed by atoms with E-state index in [1.54, 1.807) is 67.8 Å². The maximum atomic E-state index is 13.5. The van der Waals surface area contributed by atoms with Crippen molar-refractivity contribution < 1.29 is 23.9 Å². The zero-order chi connectivity index (χ0) is 32.8. The predicted molar refractivity (Wildman–Crippen MR) is 187 cm³/mol. The second-order valence-electron chi connectivity index (χ2n) is 10.2. The summed E-state index contributed by atoms with van der Waals surface area (Å²) in [5.41, 5.74) is 3.33. The molecule has 0 atom stereocenters. The highest BCUT2D eigenvalue weighted by molar-refractivity contribution is 8.00. The molecule has 0 aliphatic rings. The lowest BCUT2D eigenvalue weighted by atomic mass is 10.1. The van der Waals surface area contributed by atoms with Gasteiger partial charge in [0, 0.05) is 16.1 Å². The molecule has 47 heavy (non-hydrogen) atoms. The third-order valence-corrected chi connectivity index (χ3v) is 7.80. The number of amides is 3. The average molecular weight is 644 g/mol. The van der Waals surface area contributed by atoms with Crippen LogP contribution in [0.15, 0.2) is 144 Å². The molecule has 0 bridgehead atoms. The van der Waals surface area contributed by atoms with Crippen molar-refractivity contribution in [3.63, 3.8) is 0 Å². The van der Waals surface area contributed by atoms with Gasteiger partial charge in [-0.05, 0) is 71.8 Å². The number of para-hydroxylation sites is 2. The van der Waals surface area contributed by atoms with E-state index in [9.17, 15) is 14.4 Å². The molecule has 5 aromatic carbocycles. The number of anilines is 2. The summed E-state index contributed by atoms with van der Waals surface area (Å²) in [5, 5.41) is 8.49. The minimum absolute atomic E-state index is 0.0612. The molecule has 9 heteroatoms. The fourth-order valence-electron chi connectivity index (χ4n) is 4.46. The van der Waals surface area contributed by atoms with Crippen LogP contribution in [-0.4, -0.2) is 30.6 Å². The summed E-state index contributed by atoms with van der Waals surface area (Å²) >= 11 is 1.32. The molecular weight excluding hydrogens is 611 g/mol. The Hall–Kier alpha value is -5.80. The van der Waals surface area contributed by atoms with Gasteiger partial charge in [0.2, 0.25) is 5.91 Å². The third-order valence-electron chi connectivity index (χ3n) is 6.81. The maximum Gasteiger partial charge on any atom is 0.272 e. The zero-order valence-corrected chi connectivity index (χ0v) is 26.5. The van der Waals surface area contributed by atoms with Crippen molar-refractivity contribution in [2.45, 2.75) is 11.5 Å². The van der Waals surface area contributed by atoms with E-state index in [1.165, 1.54) is 11.8 Å². The van der Waals surface area contributed by atoms with Crippen LogP contribution in [0, 0.1) is 0 Å². The lowest BCUT2D eigenvalue weighted by Gasteiger charge is -2.13. The van der Waals surface area contributed by atoms with Crippen molar-refractivity contribution in [3.8, 4) is 11.5 Å². The molecular formula is C38H33N3O5S. The number of nitrogens with one attached hydrogen (secondary N) is 3. The Morgan fingerprint density at radius 3 is 2.19 bits per heavy atom. The minimum Gasteiger partial charge on any atom is -0.495 e. The van der Waals surface area contributed by atoms with Gasteiger partial charge in [0.25, 0.3) is 11.8 Å². The molecule has 3 N–H and O–H groups in total. The van der Waals surface area contributed by atoms with Crippen molar-refractivity contribution in [2.24, 2.45) is 0 Å². The number of hydrogen-bond donors (Lipinski definition) is 3. The largest absolute Gasteiger partial charge is 0.495 e. The van der Waals surface area contributed by atoms with Crippen molar-refractivity contribution in [1.82, 2.24) is 5.32 Å². The molecule has 0 aliphatic heterocycles. The topological polar surface area (TPSA) is 106 Å². The Morgan fingerprint density at radius 1 is 0.745 bits per heavy atom. The Balaban J connectivity index is 1.26. The van der Waals surface area contributed by atoms with Crippen molar-refractivity contribution in [3.05, 3.63) is 156 Å². The molecule has 5 rings (SSSR count). The van der Waals surface area contributed by atoms with Gasteiger partial charge in [-0.15, -0.1) is 11.8 Å². The monoisotopic (exact) mass is 643 g/mol. The van der Waals surface area contributed by atoms with Gasteiger partial charge in [-0.3, -0.25) is 14.4 Å². The SMILES string of the molecule is COc1ccccc1NC(=O)CSc1cccc(NC(=O)/C(=C/c2ccc(OCc3ccccc3)cc2)NC(=O)c2ccccc2)c1. The highest BCUT2D eigenvalue weighted by Gasteiger charge is 2.16. The second-order valence-corrected chi connectivity index (χ2v) is 11.3. The molecule has 236 valence electrons. The van der Waals surface area contributed by atoms with E-state index in [-0.39, 0.29) is 17.4 Å². The summed E-state index contributed by atoms with van der Waals surface area (Å²) in [6, 6.07) is 40.1. The van der Waals surface area contributed by atoms with Crippen LogP contribution < -0.4 is 25.4 Å². The van der Waals surface area contributed by atoms with Gasteiger partial charge in [0.15, 0.2) is 0 Å². The first-order valence-corrected chi connectivity index (χ1v) is 15.8. The van der Waals surface area contributed by atoms with Crippen molar-refractivity contribution in [2.75, 3.05) is 23.5 Å². The van der Waals surface area contributed by atoms with E-state index in [1.807, 2.05) is 78.9 Å². The van der Waals surface area contributed by atoms with Gasteiger partial charge in [-0.1, -0.05) is 78.9 Å². The molecule has 0 radical (unpaired) electrons. The standard InChI is InChI=1S/C38H33N3O5S/c1-45-35-18-9-8-17-33(35)40-36(42)26-47-32-16-10-15-30(24-32)39-38(44)34(41-37(43)29-13-6-3-7-14-29)23-27-19-21-31(22-20-27)46-25-28-11-4-2-5-12-28/h2-24H,25-26H2,1H3,(H,39,44)(H,40,42)(H,41,43)/b34-23-. The lowest BCUT2D eigenvalue weighted by molar-refractivity contribution is -0.114. The van der Waals surface area contributed by atoms with E-state index >= 15 is 0 Å². The summed E-state index contributed by atoms with van der Waals surface area (Å²) in [4.78, 5) is 40.0. The first kappa shape index (κ1) is 32.6. The predicted octanol–water partition coefficient (Wildman–Crippen LogP) is 7.41. The first-order valence-electron chi connectivity index (χ1n) is 14.8. The number of ether oxygens (including phenoxy) is 2. The average Bonchev–Trinajstić information content (AvgIpc) is 3.11. The van der Waals surface area contributed by atoms with Crippen LogP contribution in [0.1, 0.15) is 21.5 Å². The van der Waals surface area contributed by atoms with Gasteiger partial charge >= 0.3 is 0 Å². The molecule has 0 saturated heterocycles. The summed E-state index contributed by atoms with van der Waals surface area (Å²) in [7, 11) is 1.55. The van der Waals surface area contributed by atoms with Crippen LogP contribution in [-0.2, 0) is 16.2 Å². The van der Waals surface area contributed by atoms with E-state index in [0.717, 1.165) is 10.5 Å². The number of carbonyl (C=O) groups excluding carboxylic acids is 3. The van der Waals surface area contributed by atoms with Gasteiger partial charge in [-0.2, -0.15) is 0 Å². The number of rotatable bonds is 13. The third kappa shape index (κ3) is 9.84. The van der Waals surface area contributed by atoms with Crippen LogP contribution in [0.3, 0.4) is 0 Å². The summed E-state index contributed by atoms with van der Waals surface area (Å²) < 4.78 is 11.2. The number of benzene rings is 5. The fraction of sp³-hybridized carbons (Fsp3) is 0.0789. The maximum absolute atomic E-state index is 13.5. The molecule has 0 aliphatic carbocycles. The highest BCUT2D eigenvalue weighted by Crippen LogP contribution is 2.26. The number of hydrogen-bond acceptors (Lipinski definition) is 6. The van der Waals surface area contributed by atoms with E-state index < -0.39 is 11.8 Å². The number of thioether (sulfide) groups is 1. The van der Waals surface area contributed by atoms with Crippen molar-refractivity contribution in [1.29, 1.82) is 0 Å². The van der Waals surface area contributed by atoms with Crippen molar-refractivity contribution >= 4 is 46.9 Å². The van der Waals surface area contributed by atoms with Crippen LogP contribution in [0.25, 0.3) is 6.08 Å². The van der Waals surface area contributed by atoms with E-state index in [0.29, 0.717) is 40.6 Å². The van der Waals surface area contributed by atoms with Crippen LogP contribution in [0.5, 0.6) is 11.5 Å². The molecule has 0 unspecified atom stereocenters. The minimum atomic E-state index is -0.505. The molecule has 0 spiro atoms. The van der Waals surface area contributed by atoms with Crippen LogP contribution in [0.2, 0.25) is 0 Å². The second kappa shape index (κ2) is 16.5. The Kier molecular flexibility index (Phi) is 11.4. The molecule has 3 amide bonds. The number of methoxy groups -OCH3 is 1. The lowest BCUT2D eigenvalue weighted by Crippen LogP contribution is -2.30. The molecule has 0 heterocycles. The zero-order valence-electron chi connectivity index (χ0n) is 25.6. The number of carbonyl (C=O) groups is 3. The molecule has 0 aromatic heterocycles. The highest BCUT2D eigenvalue weighted by atomic mass is 32.2. The molecule has 5 aromatic rings. The summed E-state index contributed by atoms with van der Waals surface area (Å²) in [6.45, 7) is 0.431. The Morgan fingerprint density at radius 2 is 1.45 bits per heavy atom. The van der Waals surface area contributed by atoms with Gasteiger partial charge in [0.05, 0.1) is 18.6 Å². The summed E-state index contributed by atoms with van der Waals surface area (Å²) in [6.07, 6.45) is 1.61. The van der Waals surface area contributed by atoms with E-state index in [4.69, 9.17) is 9.47 Å². The quantitative estimate of drug-likeness (QED) is 0.0912. The van der Waals surface area contributed by atoms with Gasteiger partial charge in [0.1, 0.15) is 23.8 Å². The Bertz CT molecular complexity index is 1850. The Labute approximate surface area is 277 Å². The van der Waals surface area contributed by atoms with E-state index in [2.05, 4.69) is 16.0 Å². The fourth-order valence-corrected chi connectivity index (χ4v) is 5.21. The normalized spacial score (nSPS) is 10.9. The smallest absolute Gasteiger partial charge is 0.272 e. The molecule has 8 nitrogen and oxygen atoms in total. The van der Waals surface area contributed by atoms with Crippen LogP contribution >= 0.6 is 11.8 Å². The summed E-state index contributed by atoms with van der Waals surface area (Å²) in [5.74, 6) is 0.287. The first-order chi connectivity index (χ1) is 23.0. The van der Waals surface area contributed by atoms with Gasteiger partial charge in [-0.25, -0.2) is 0 Å². The van der Waals surface area contributed by atoms with Crippen LogP contribution in [0.4, 0.5) is 11.4 Å².